The van der Waals surface area contributed by atoms with Crippen molar-refractivity contribution in [3.63, 3.8) is 0 Å². The molecule has 2 N–H and O–H groups in total. The lowest BCUT2D eigenvalue weighted by atomic mass is 10.1. The van der Waals surface area contributed by atoms with Crippen molar-refractivity contribution in [3.05, 3.63) is 0 Å². The number of sulfonamides is 1. The first-order valence-electron chi connectivity index (χ1n) is 6.24. The quantitative estimate of drug-likeness (QED) is 0.709. The maximum atomic E-state index is 11.8. The van der Waals surface area contributed by atoms with Crippen LogP contribution in [0.25, 0.3) is 0 Å². The molecule has 1 fully saturated rings. The highest BCUT2D eigenvalue weighted by Crippen LogP contribution is 2.25. The van der Waals surface area contributed by atoms with Gasteiger partial charge in [-0.25, -0.2) is 13.1 Å². The van der Waals surface area contributed by atoms with Crippen LogP contribution >= 0.6 is 0 Å². The van der Waals surface area contributed by atoms with E-state index in [9.17, 15) is 8.42 Å². The summed E-state index contributed by atoms with van der Waals surface area (Å²) in [5.74, 6) is 0.693. The van der Waals surface area contributed by atoms with E-state index in [4.69, 9.17) is 0 Å². The van der Waals surface area contributed by atoms with E-state index in [1.807, 2.05) is 13.8 Å². The number of nitrogens with one attached hydrogen (secondary N) is 2. The molecule has 0 unspecified atom stereocenters. The molecule has 96 valence electrons. The molecule has 0 saturated heterocycles. The van der Waals surface area contributed by atoms with E-state index in [0.29, 0.717) is 18.2 Å². The summed E-state index contributed by atoms with van der Waals surface area (Å²) in [4.78, 5) is 0. The molecule has 0 aromatic heterocycles. The highest BCUT2D eigenvalue weighted by Gasteiger charge is 2.22. The van der Waals surface area contributed by atoms with Gasteiger partial charge in [0.05, 0.1) is 5.75 Å². The molecule has 0 aromatic rings. The van der Waals surface area contributed by atoms with Crippen LogP contribution in [0.1, 0.15) is 39.5 Å². The largest absolute Gasteiger partial charge is 0.313 e. The molecule has 1 aliphatic rings. The lowest BCUT2D eigenvalue weighted by molar-refractivity contribution is 0.522. The van der Waals surface area contributed by atoms with Gasteiger partial charge in [-0.05, 0) is 32.2 Å². The fourth-order valence-electron chi connectivity index (χ4n) is 2.22. The second kappa shape index (κ2) is 6.57. The number of hydrogen-bond acceptors (Lipinski definition) is 3. The molecule has 0 heterocycles. The highest BCUT2D eigenvalue weighted by molar-refractivity contribution is 7.89. The van der Waals surface area contributed by atoms with E-state index >= 15 is 0 Å². The van der Waals surface area contributed by atoms with E-state index in [0.717, 1.165) is 19.4 Å². The van der Waals surface area contributed by atoms with E-state index in [-0.39, 0.29) is 6.04 Å². The Morgan fingerprint density at radius 3 is 2.50 bits per heavy atom. The van der Waals surface area contributed by atoms with Crippen LogP contribution in [0.4, 0.5) is 0 Å². The average molecular weight is 248 g/mol. The number of hydrogen-bond donors (Lipinski definition) is 2. The molecular weight excluding hydrogens is 224 g/mol. The molecule has 4 nitrogen and oxygen atoms in total. The van der Waals surface area contributed by atoms with Crippen LogP contribution in [0.3, 0.4) is 0 Å². The SMILES string of the molecule is CCN[C@H](C)CNS(=O)(=O)CC1CCCC1. The molecular formula is C11H24N2O2S. The Balaban J connectivity index is 2.27. The summed E-state index contributed by atoms with van der Waals surface area (Å²) in [6.45, 7) is 5.36. The summed E-state index contributed by atoms with van der Waals surface area (Å²) >= 11 is 0. The monoisotopic (exact) mass is 248 g/mol. The maximum absolute atomic E-state index is 11.8. The zero-order chi connectivity index (χ0) is 12.0. The van der Waals surface area contributed by atoms with Crippen molar-refractivity contribution in [2.75, 3.05) is 18.8 Å². The zero-order valence-electron chi connectivity index (χ0n) is 10.3. The summed E-state index contributed by atoms with van der Waals surface area (Å²) in [7, 11) is -3.07. The number of likely N-dealkylation sites (N-methyl/N-ethyl adjacent to an activating group) is 1. The van der Waals surface area contributed by atoms with Crippen molar-refractivity contribution in [2.45, 2.75) is 45.6 Å². The normalized spacial score (nSPS) is 20.1. The van der Waals surface area contributed by atoms with E-state index in [2.05, 4.69) is 10.0 Å². The molecule has 1 rings (SSSR count). The van der Waals surface area contributed by atoms with Gasteiger partial charge in [0.25, 0.3) is 0 Å². The summed E-state index contributed by atoms with van der Waals surface area (Å²) in [6, 6.07) is 0.198. The minimum absolute atomic E-state index is 0.198. The molecule has 1 aliphatic carbocycles. The van der Waals surface area contributed by atoms with Gasteiger partial charge in [0.15, 0.2) is 0 Å². The van der Waals surface area contributed by atoms with Gasteiger partial charge in [-0.1, -0.05) is 19.8 Å². The van der Waals surface area contributed by atoms with E-state index < -0.39 is 10.0 Å². The first-order chi connectivity index (χ1) is 7.53. The molecule has 1 atom stereocenters. The van der Waals surface area contributed by atoms with Crippen molar-refractivity contribution in [3.8, 4) is 0 Å². The molecule has 0 bridgehead atoms. The van der Waals surface area contributed by atoms with Gasteiger partial charge in [-0.2, -0.15) is 0 Å². The Morgan fingerprint density at radius 2 is 1.94 bits per heavy atom. The molecule has 0 radical (unpaired) electrons. The third-order valence-corrected chi connectivity index (χ3v) is 4.61. The number of rotatable bonds is 7. The smallest absolute Gasteiger partial charge is 0.211 e. The Morgan fingerprint density at radius 1 is 1.31 bits per heavy atom. The second-order valence-electron chi connectivity index (χ2n) is 4.74. The molecule has 1 saturated carbocycles. The van der Waals surface area contributed by atoms with Crippen LogP contribution in [-0.2, 0) is 10.0 Å². The van der Waals surface area contributed by atoms with Crippen LogP contribution in [0.5, 0.6) is 0 Å². The summed E-state index contributed by atoms with van der Waals surface area (Å²) < 4.78 is 26.2. The third-order valence-electron chi connectivity index (χ3n) is 3.09. The second-order valence-corrected chi connectivity index (χ2v) is 6.59. The van der Waals surface area contributed by atoms with Gasteiger partial charge in [0, 0.05) is 12.6 Å². The summed E-state index contributed by atoms with van der Waals surface area (Å²) in [5.41, 5.74) is 0. The van der Waals surface area contributed by atoms with Crippen LogP contribution in [-0.4, -0.2) is 33.3 Å². The predicted molar refractivity (Wildman–Crippen MR) is 66.9 cm³/mol. The molecule has 0 aliphatic heterocycles. The zero-order valence-corrected chi connectivity index (χ0v) is 11.1. The standard InChI is InChI=1S/C11H24N2O2S/c1-3-12-10(2)8-13-16(14,15)9-11-6-4-5-7-11/h10-13H,3-9H2,1-2H3/t10-/m1/s1. The Hall–Kier alpha value is -0.130. The Labute approximate surface area is 99.2 Å². The van der Waals surface area contributed by atoms with Crippen LogP contribution < -0.4 is 10.0 Å². The van der Waals surface area contributed by atoms with Crippen molar-refractivity contribution in [1.29, 1.82) is 0 Å². The van der Waals surface area contributed by atoms with Crippen molar-refractivity contribution in [2.24, 2.45) is 5.92 Å². The van der Waals surface area contributed by atoms with Gasteiger partial charge in [0.1, 0.15) is 0 Å². The van der Waals surface area contributed by atoms with Crippen molar-refractivity contribution < 1.29 is 8.42 Å². The molecule has 16 heavy (non-hydrogen) atoms. The van der Waals surface area contributed by atoms with E-state index in [1.165, 1.54) is 12.8 Å². The lowest BCUT2D eigenvalue weighted by Gasteiger charge is -2.15. The topological polar surface area (TPSA) is 58.2 Å². The molecule has 0 amide bonds. The van der Waals surface area contributed by atoms with Crippen molar-refractivity contribution >= 4 is 10.0 Å². The molecule has 0 aromatic carbocycles. The third kappa shape index (κ3) is 5.27. The highest BCUT2D eigenvalue weighted by atomic mass is 32.2. The van der Waals surface area contributed by atoms with E-state index in [1.54, 1.807) is 0 Å². The van der Waals surface area contributed by atoms with Crippen LogP contribution in [0, 0.1) is 5.92 Å². The van der Waals surface area contributed by atoms with Gasteiger partial charge >= 0.3 is 0 Å². The van der Waals surface area contributed by atoms with Gasteiger partial charge in [-0.3, -0.25) is 0 Å². The first kappa shape index (κ1) is 13.9. The molecule has 0 spiro atoms. The lowest BCUT2D eigenvalue weighted by Crippen LogP contribution is -2.40. The predicted octanol–water partition coefficient (Wildman–Crippen LogP) is 1.09. The van der Waals surface area contributed by atoms with Crippen LogP contribution in [0.15, 0.2) is 0 Å². The fraction of sp³-hybridized carbons (Fsp3) is 1.00. The first-order valence-corrected chi connectivity index (χ1v) is 7.89. The van der Waals surface area contributed by atoms with Crippen LogP contribution in [0.2, 0.25) is 0 Å². The van der Waals surface area contributed by atoms with Crippen molar-refractivity contribution in [1.82, 2.24) is 10.0 Å². The minimum atomic E-state index is -3.07. The minimum Gasteiger partial charge on any atom is -0.313 e. The maximum Gasteiger partial charge on any atom is 0.211 e. The van der Waals surface area contributed by atoms with Gasteiger partial charge < -0.3 is 5.32 Å². The Bertz CT molecular complexity index is 284. The van der Waals surface area contributed by atoms with Gasteiger partial charge in [0.2, 0.25) is 10.0 Å². The summed E-state index contributed by atoms with van der Waals surface area (Å²) in [6.07, 6.45) is 4.52. The summed E-state index contributed by atoms with van der Waals surface area (Å²) in [5, 5.41) is 3.18. The fourth-order valence-corrected chi connectivity index (χ4v) is 3.79. The average Bonchev–Trinajstić information content (AvgIpc) is 2.67. The van der Waals surface area contributed by atoms with Gasteiger partial charge in [-0.15, -0.1) is 0 Å². The molecule has 5 heteroatoms. The Kier molecular flexibility index (Phi) is 5.72.